The lowest BCUT2D eigenvalue weighted by Gasteiger charge is -2.35. The molecule has 1 aliphatic heterocycles. The molecule has 1 aliphatic carbocycles. The van der Waals surface area contributed by atoms with Crippen molar-refractivity contribution in [3.8, 4) is 0 Å². The molecule has 2 fully saturated rings. The van der Waals surface area contributed by atoms with E-state index in [2.05, 4.69) is 18.0 Å². The molecule has 1 saturated carbocycles. The van der Waals surface area contributed by atoms with Gasteiger partial charge in [0.2, 0.25) is 0 Å². The predicted octanol–water partition coefficient (Wildman–Crippen LogP) is 2.59. The van der Waals surface area contributed by atoms with E-state index in [4.69, 9.17) is 14.2 Å². The lowest BCUT2D eigenvalue weighted by molar-refractivity contribution is -0.192. The number of pyridine rings is 1. The third kappa shape index (κ3) is 2.96. The fourth-order valence-corrected chi connectivity index (χ4v) is 2.85. The van der Waals surface area contributed by atoms with Crippen molar-refractivity contribution in [2.24, 2.45) is 0 Å². The van der Waals surface area contributed by atoms with E-state index >= 15 is 0 Å². The summed E-state index contributed by atoms with van der Waals surface area (Å²) in [6.07, 6.45) is 6.02. The zero-order chi connectivity index (χ0) is 13.1. The van der Waals surface area contributed by atoms with Gasteiger partial charge in [0.25, 0.3) is 0 Å². The number of ether oxygens (including phenoxy) is 3. The van der Waals surface area contributed by atoms with E-state index in [0.717, 1.165) is 44.6 Å². The third-order valence-electron chi connectivity index (χ3n) is 4.08. The molecule has 0 unspecified atom stereocenters. The molecule has 0 aromatic carbocycles. The molecule has 4 nitrogen and oxygen atoms in total. The molecular weight excluding hydrogens is 242 g/mol. The highest BCUT2D eigenvalue weighted by atomic mass is 16.7. The van der Waals surface area contributed by atoms with Crippen molar-refractivity contribution < 1.29 is 14.2 Å². The van der Waals surface area contributed by atoms with Crippen LogP contribution in [0.3, 0.4) is 0 Å². The summed E-state index contributed by atoms with van der Waals surface area (Å²) in [6, 6.07) is 4.03. The summed E-state index contributed by atoms with van der Waals surface area (Å²) >= 11 is 0. The Bertz CT molecular complexity index is 419. The van der Waals surface area contributed by atoms with Gasteiger partial charge in [-0.1, -0.05) is 6.07 Å². The molecule has 1 aromatic heterocycles. The lowest BCUT2D eigenvalue weighted by Crippen LogP contribution is -2.37. The number of nitrogens with zero attached hydrogens (tertiary/aromatic N) is 1. The molecule has 0 N–H and O–H groups in total. The molecule has 1 aromatic rings. The Morgan fingerprint density at radius 1 is 1.32 bits per heavy atom. The van der Waals surface area contributed by atoms with Crippen LogP contribution < -0.4 is 0 Å². The van der Waals surface area contributed by atoms with E-state index in [-0.39, 0.29) is 5.79 Å². The second kappa shape index (κ2) is 5.57. The van der Waals surface area contributed by atoms with Gasteiger partial charge in [0, 0.05) is 19.0 Å². The summed E-state index contributed by atoms with van der Waals surface area (Å²) in [4.78, 5) is 4.36. The highest BCUT2D eigenvalue weighted by Gasteiger charge is 2.40. The van der Waals surface area contributed by atoms with Gasteiger partial charge in [-0.2, -0.15) is 0 Å². The van der Waals surface area contributed by atoms with Crippen LogP contribution in [0.4, 0.5) is 0 Å². The molecule has 1 spiro atoms. The van der Waals surface area contributed by atoms with E-state index in [1.807, 2.05) is 12.3 Å². The molecular formula is C15H21NO3. The van der Waals surface area contributed by atoms with Crippen molar-refractivity contribution in [1.29, 1.82) is 0 Å². The number of hydrogen-bond acceptors (Lipinski definition) is 4. The van der Waals surface area contributed by atoms with Crippen molar-refractivity contribution in [1.82, 2.24) is 4.98 Å². The summed E-state index contributed by atoms with van der Waals surface area (Å²) in [6.45, 7) is 4.14. The lowest BCUT2D eigenvalue weighted by atomic mass is 9.92. The fraction of sp³-hybridized carbons (Fsp3) is 0.667. The van der Waals surface area contributed by atoms with Crippen LogP contribution >= 0.6 is 0 Å². The van der Waals surface area contributed by atoms with Gasteiger partial charge < -0.3 is 14.2 Å². The molecule has 104 valence electrons. The van der Waals surface area contributed by atoms with Crippen LogP contribution in [0.5, 0.6) is 0 Å². The zero-order valence-electron chi connectivity index (χ0n) is 11.4. The molecule has 0 radical (unpaired) electrons. The minimum atomic E-state index is -0.291. The van der Waals surface area contributed by atoms with Crippen LogP contribution in [0.15, 0.2) is 18.3 Å². The maximum atomic E-state index is 5.98. The predicted molar refractivity (Wildman–Crippen MR) is 70.7 cm³/mol. The minimum absolute atomic E-state index is 0.291. The number of hydrogen-bond donors (Lipinski definition) is 0. The molecule has 2 heterocycles. The largest absolute Gasteiger partial charge is 0.372 e. The summed E-state index contributed by atoms with van der Waals surface area (Å²) in [7, 11) is 0. The van der Waals surface area contributed by atoms with Gasteiger partial charge in [0.1, 0.15) is 0 Å². The van der Waals surface area contributed by atoms with E-state index in [1.165, 1.54) is 5.56 Å². The third-order valence-corrected chi connectivity index (χ3v) is 4.08. The van der Waals surface area contributed by atoms with Crippen LogP contribution in [0, 0.1) is 6.92 Å². The SMILES string of the molecule is Cc1cccnc1COC1CCC2(CC1)OCCO2. The Kier molecular flexibility index (Phi) is 3.82. The van der Waals surface area contributed by atoms with Gasteiger partial charge in [-0.15, -0.1) is 0 Å². The molecule has 0 atom stereocenters. The Hall–Kier alpha value is -0.970. The molecule has 0 amide bonds. The smallest absolute Gasteiger partial charge is 0.168 e. The first-order valence-corrected chi connectivity index (χ1v) is 7.07. The Morgan fingerprint density at radius 3 is 2.74 bits per heavy atom. The van der Waals surface area contributed by atoms with Crippen molar-refractivity contribution in [3.63, 3.8) is 0 Å². The second-order valence-electron chi connectivity index (χ2n) is 5.38. The Morgan fingerprint density at radius 2 is 2.05 bits per heavy atom. The summed E-state index contributed by atoms with van der Waals surface area (Å²) in [5.74, 6) is -0.291. The van der Waals surface area contributed by atoms with Crippen LogP contribution in [0.25, 0.3) is 0 Å². The summed E-state index contributed by atoms with van der Waals surface area (Å²) in [5, 5.41) is 0. The normalized spacial score (nSPS) is 23.0. The second-order valence-corrected chi connectivity index (χ2v) is 5.38. The van der Waals surface area contributed by atoms with Crippen LogP contribution in [-0.2, 0) is 20.8 Å². The van der Waals surface area contributed by atoms with Crippen molar-refractivity contribution >= 4 is 0 Å². The Labute approximate surface area is 114 Å². The average molecular weight is 263 g/mol. The average Bonchev–Trinajstić information content (AvgIpc) is 2.88. The fourth-order valence-electron chi connectivity index (χ4n) is 2.85. The molecule has 1 saturated heterocycles. The van der Waals surface area contributed by atoms with Crippen LogP contribution in [0.2, 0.25) is 0 Å². The molecule has 4 heteroatoms. The number of aromatic nitrogens is 1. The molecule has 0 bridgehead atoms. The maximum Gasteiger partial charge on any atom is 0.168 e. The standard InChI is InChI=1S/C15H21NO3/c1-12-3-2-8-16-14(12)11-17-13-4-6-15(7-5-13)18-9-10-19-15/h2-3,8,13H,4-7,9-11H2,1H3. The van der Waals surface area contributed by atoms with Crippen LogP contribution in [0.1, 0.15) is 36.9 Å². The van der Waals surface area contributed by atoms with Gasteiger partial charge in [-0.25, -0.2) is 0 Å². The van der Waals surface area contributed by atoms with Gasteiger partial charge in [0.05, 0.1) is 31.6 Å². The van der Waals surface area contributed by atoms with E-state index < -0.39 is 0 Å². The highest BCUT2D eigenvalue weighted by molar-refractivity contribution is 5.16. The highest BCUT2D eigenvalue weighted by Crippen LogP contribution is 2.36. The van der Waals surface area contributed by atoms with E-state index in [0.29, 0.717) is 12.7 Å². The number of rotatable bonds is 3. The molecule has 19 heavy (non-hydrogen) atoms. The topological polar surface area (TPSA) is 40.6 Å². The van der Waals surface area contributed by atoms with Gasteiger partial charge in [-0.3, -0.25) is 4.98 Å². The van der Waals surface area contributed by atoms with Crippen molar-refractivity contribution in [2.45, 2.75) is 51.1 Å². The maximum absolute atomic E-state index is 5.98. The van der Waals surface area contributed by atoms with Crippen LogP contribution in [-0.4, -0.2) is 30.1 Å². The minimum Gasteiger partial charge on any atom is -0.372 e. The van der Waals surface area contributed by atoms with Gasteiger partial charge >= 0.3 is 0 Å². The molecule has 3 rings (SSSR count). The first kappa shape index (κ1) is 13.0. The summed E-state index contributed by atoms with van der Waals surface area (Å²) in [5.41, 5.74) is 2.23. The monoisotopic (exact) mass is 263 g/mol. The first-order chi connectivity index (χ1) is 9.27. The van der Waals surface area contributed by atoms with E-state index in [9.17, 15) is 0 Å². The Balaban J connectivity index is 1.49. The van der Waals surface area contributed by atoms with Gasteiger partial charge in [0.15, 0.2) is 5.79 Å². The quantitative estimate of drug-likeness (QED) is 0.840. The molecule has 2 aliphatic rings. The van der Waals surface area contributed by atoms with E-state index in [1.54, 1.807) is 0 Å². The first-order valence-electron chi connectivity index (χ1n) is 7.07. The number of aryl methyl sites for hydroxylation is 1. The van der Waals surface area contributed by atoms with Crippen molar-refractivity contribution in [3.05, 3.63) is 29.6 Å². The van der Waals surface area contributed by atoms with Gasteiger partial charge in [-0.05, 0) is 31.4 Å². The zero-order valence-corrected chi connectivity index (χ0v) is 11.4. The van der Waals surface area contributed by atoms with Crippen molar-refractivity contribution in [2.75, 3.05) is 13.2 Å². The summed E-state index contributed by atoms with van der Waals surface area (Å²) < 4.78 is 17.4.